The summed E-state index contributed by atoms with van der Waals surface area (Å²) in [6.07, 6.45) is 2.21. The fourth-order valence-electron chi connectivity index (χ4n) is 3.45. The summed E-state index contributed by atoms with van der Waals surface area (Å²) in [6, 6.07) is 8.35. The van der Waals surface area contributed by atoms with Crippen molar-refractivity contribution < 1.29 is 14.5 Å². The molecule has 2 amide bonds. The monoisotopic (exact) mass is 416 g/mol. The molecule has 8 nitrogen and oxygen atoms in total. The third-order valence-electron chi connectivity index (χ3n) is 5.12. The molecule has 0 spiro atoms. The Bertz CT molecular complexity index is 877. The summed E-state index contributed by atoms with van der Waals surface area (Å²) in [5.41, 5.74) is 0.841. The average Bonchev–Trinajstić information content (AvgIpc) is 3.24. The number of hydrogen-bond donors (Lipinski definition) is 2. The third-order valence-corrected chi connectivity index (χ3v) is 6.16. The number of nitrogens with one attached hydrogen (secondary N) is 2. The van der Waals surface area contributed by atoms with E-state index in [2.05, 4.69) is 33.0 Å². The number of rotatable bonds is 6. The Balaban J connectivity index is 1.39. The van der Waals surface area contributed by atoms with Crippen molar-refractivity contribution in [3.8, 4) is 0 Å². The summed E-state index contributed by atoms with van der Waals surface area (Å²) in [4.78, 5) is 38.1. The van der Waals surface area contributed by atoms with Gasteiger partial charge in [0, 0.05) is 35.8 Å². The van der Waals surface area contributed by atoms with Gasteiger partial charge < -0.3 is 15.5 Å². The van der Waals surface area contributed by atoms with Crippen molar-refractivity contribution in [2.75, 3.05) is 31.5 Å². The molecule has 0 atom stereocenters. The SMILES string of the molecule is Cc1cc([N+](=O)[O-])ccc1NC(=O)C(=O)NCCN1CCC(c2cccs2)CC1. The van der Waals surface area contributed by atoms with Crippen molar-refractivity contribution in [2.24, 2.45) is 0 Å². The van der Waals surface area contributed by atoms with Crippen molar-refractivity contribution in [1.82, 2.24) is 10.2 Å². The van der Waals surface area contributed by atoms with Crippen LogP contribution in [0.5, 0.6) is 0 Å². The number of nitro benzene ring substituents is 1. The Kier molecular flexibility index (Phi) is 6.95. The van der Waals surface area contributed by atoms with E-state index >= 15 is 0 Å². The molecule has 9 heteroatoms. The van der Waals surface area contributed by atoms with Gasteiger partial charge in [-0.3, -0.25) is 19.7 Å². The van der Waals surface area contributed by atoms with Crippen molar-refractivity contribution >= 4 is 34.5 Å². The highest BCUT2D eigenvalue weighted by molar-refractivity contribution is 7.10. The highest BCUT2D eigenvalue weighted by Gasteiger charge is 2.21. The zero-order chi connectivity index (χ0) is 20.8. The zero-order valence-electron chi connectivity index (χ0n) is 16.2. The number of carbonyl (C=O) groups is 2. The van der Waals surface area contributed by atoms with Crippen LogP contribution in [-0.2, 0) is 9.59 Å². The molecule has 29 heavy (non-hydrogen) atoms. The molecular weight excluding hydrogens is 392 g/mol. The summed E-state index contributed by atoms with van der Waals surface area (Å²) in [5.74, 6) is -0.869. The Hall–Kier alpha value is -2.78. The number of amides is 2. The molecule has 2 N–H and O–H groups in total. The normalized spacial score (nSPS) is 15.1. The molecule has 0 bridgehead atoms. The number of carbonyl (C=O) groups excluding carboxylic acids is 2. The molecule has 0 radical (unpaired) electrons. The van der Waals surface area contributed by atoms with E-state index < -0.39 is 16.7 Å². The summed E-state index contributed by atoms with van der Waals surface area (Å²) < 4.78 is 0. The number of aryl methyl sites for hydroxylation is 1. The van der Waals surface area contributed by atoms with Crippen LogP contribution in [0.15, 0.2) is 35.7 Å². The second-order valence-electron chi connectivity index (χ2n) is 7.10. The maximum Gasteiger partial charge on any atom is 0.313 e. The van der Waals surface area contributed by atoms with Crippen molar-refractivity contribution in [1.29, 1.82) is 0 Å². The van der Waals surface area contributed by atoms with Gasteiger partial charge in [-0.15, -0.1) is 11.3 Å². The number of piperidine rings is 1. The van der Waals surface area contributed by atoms with Crippen LogP contribution in [0.2, 0.25) is 0 Å². The van der Waals surface area contributed by atoms with Crippen LogP contribution in [0.4, 0.5) is 11.4 Å². The second kappa shape index (κ2) is 9.62. The van der Waals surface area contributed by atoms with Gasteiger partial charge in [0.25, 0.3) is 5.69 Å². The Morgan fingerprint density at radius 2 is 2.00 bits per heavy atom. The molecule has 1 saturated heterocycles. The minimum absolute atomic E-state index is 0.0622. The largest absolute Gasteiger partial charge is 0.347 e. The standard InChI is InChI=1S/C20H24N4O4S/c1-14-13-16(24(27)28)4-5-17(14)22-20(26)19(25)21-8-11-23-9-6-15(7-10-23)18-3-2-12-29-18/h2-5,12-13,15H,6-11H2,1H3,(H,21,25)(H,22,26). The number of benzene rings is 1. The second-order valence-corrected chi connectivity index (χ2v) is 8.08. The van der Waals surface area contributed by atoms with E-state index in [1.807, 2.05) is 0 Å². The van der Waals surface area contributed by atoms with Crippen LogP contribution in [0.3, 0.4) is 0 Å². The number of nitro groups is 1. The first kappa shape index (κ1) is 20.9. The van der Waals surface area contributed by atoms with Gasteiger partial charge >= 0.3 is 11.8 Å². The van der Waals surface area contributed by atoms with Crippen LogP contribution in [0.1, 0.15) is 29.2 Å². The van der Waals surface area contributed by atoms with E-state index in [1.54, 1.807) is 18.3 Å². The van der Waals surface area contributed by atoms with E-state index in [0.29, 0.717) is 30.3 Å². The van der Waals surface area contributed by atoms with Crippen molar-refractivity contribution in [3.63, 3.8) is 0 Å². The average molecular weight is 417 g/mol. The topological polar surface area (TPSA) is 105 Å². The fraction of sp³-hybridized carbons (Fsp3) is 0.400. The number of likely N-dealkylation sites (tertiary alicyclic amines) is 1. The number of hydrogen-bond acceptors (Lipinski definition) is 6. The van der Waals surface area contributed by atoms with Gasteiger partial charge in [0.2, 0.25) is 0 Å². The lowest BCUT2D eigenvalue weighted by Gasteiger charge is -2.31. The van der Waals surface area contributed by atoms with E-state index in [9.17, 15) is 19.7 Å². The van der Waals surface area contributed by atoms with Crippen LogP contribution in [0, 0.1) is 17.0 Å². The fourth-order valence-corrected chi connectivity index (χ4v) is 4.35. The molecule has 1 aromatic heterocycles. The molecule has 0 aliphatic carbocycles. The molecule has 1 fully saturated rings. The van der Waals surface area contributed by atoms with Gasteiger partial charge in [-0.2, -0.15) is 0 Å². The van der Waals surface area contributed by atoms with Crippen LogP contribution in [0.25, 0.3) is 0 Å². The van der Waals surface area contributed by atoms with Gasteiger partial charge in [-0.05, 0) is 61.8 Å². The molecule has 2 heterocycles. The predicted molar refractivity (Wildman–Crippen MR) is 112 cm³/mol. The number of nitrogens with zero attached hydrogens (tertiary/aromatic N) is 2. The zero-order valence-corrected chi connectivity index (χ0v) is 17.0. The third kappa shape index (κ3) is 5.61. The molecule has 1 aliphatic rings. The molecule has 0 saturated carbocycles. The first-order valence-electron chi connectivity index (χ1n) is 9.54. The summed E-state index contributed by atoms with van der Waals surface area (Å²) in [6.45, 7) is 4.70. The smallest absolute Gasteiger partial charge is 0.313 e. The number of thiophene rings is 1. The van der Waals surface area contributed by atoms with E-state index in [1.165, 1.54) is 23.1 Å². The van der Waals surface area contributed by atoms with E-state index in [0.717, 1.165) is 25.9 Å². The maximum atomic E-state index is 12.1. The van der Waals surface area contributed by atoms with Gasteiger partial charge in [0.15, 0.2) is 0 Å². The van der Waals surface area contributed by atoms with Crippen molar-refractivity contribution in [3.05, 3.63) is 56.3 Å². The highest BCUT2D eigenvalue weighted by Crippen LogP contribution is 2.30. The predicted octanol–water partition coefficient (Wildman–Crippen LogP) is 2.90. The Morgan fingerprint density at radius 3 is 2.62 bits per heavy atom. The molecule has 1 aromatic carbocycles. The molecular formula is C20H24N4O4S. The number of non-ortho nitro benzene ring substituents is 1. The lowest BCUT2D eigenvalue weighted by molar-refractivity contribution is -0.384. The summed E-state index contributed by atoms with van der Waals surface area (Å²) >= 11 is 1.81. The molecule has 0 unspecified atom stereocenters. The van der Waals surface area contributed by atoms with Gasteiger partial charge in [-0.1, -0.05) is 6.07 Å². The van der Waals surface area contributed by atoms with Crippen LogP contribution < -0.4 is 10.6 Å². The molecule has 1 aliphatic heterocycles. The molecule has 2 aromatic rings. The Morgan fingerprint density at radius 1 is 1.24 bits per heavy atom. The first-order valence-corrected chi connectivity index (χ1v) is 10.4. The summed E-state index contributed by atoms with van der Waals surface area (Å²) in [7, 11) is 0. The minimum Gasteiger partial charge on any atom is -0.347 e. The van der Waals surface area contributed by atoms with Gasteiger partial charge in [0.05, 0.1) is 4.92 Å². The molecule has 154 valence electrons. The van der Waals surface area contributed by atoms with Gasteiger partial charge in [-0.25, -0.2) is 0 Å². The van der Waals surface area contributed by atoms with Crippen LogP contribution >= 0.6 is 11.3 Å². The van der Waals surface area contributed by atoms with Gasteiger partial charge in [0.1, 0.15) is 0 Å². The Labute approximate surface area is 173 Å². The highest BCUT2D eigenvalue weighted by atomic mass is 32.1. The lowest BCUT2D eigenvalue weighted by atomic mass is 9.95. The number of anilines is 1. The first-order chi connectivity index (χ1) is 13.9. The van der Waals surface area contributed by atoms with Crippen molar-refractivity contribution in [2.45, 2.75) is 25.7 Å². The summed E-state index contributed by atoms with van der Waals surface area (Å²) in [5, 5.41) is 18.0. The maximum absolute atomic E-state index is 12.1. The quantitative estimate of drug-likeness (QED) is 0.428. The lowest BCUT2D eigenvalue weighted by Crippen LogP contribution is -2.42. The van der Waals surface area contributed by atoms with E-state index in [-0.39, 0.29) is 5.69 Å². The van der Waals surface area contributed by atoms with Crippen LogP contribution in [-0.4, -0.2) is 47.8 Å². The molecule has 3 rings (SSSR count). The minimum atomic E-state index is -0.779. The van der Waals surface area contributed by atoms with E-state index in [4.69, 9.17) is 0 Å².